The van der Waals surface area contributed by atoms with Crippen molar-refractivity contribution in [3.8, 4) is 6.07 Å². The largest absolute Gasteiger partial charge is 0.397 e. The Kier molecular flexibility index (Phi) is 3.36. The van der Waals surface area contributed by atoms with Crippen LogP contribution < -0.4 is 11.5 Å². The topological polar surface area (TPSA) is 75.8 Å². The van der Waals surface area contributed by atoms with E-state index in [-0.39, 0.29) is 0 Å². The van der Waals surface area contributed by atoms with Crippen molar-refractivity contribution < 1.29 is 0 Å². The number of nitrogens with zero attached hydrogens (tertiary/aromatic N) is 1. The minimum Gasteiger partial charge on any atom is -0.397 e. The second-order valence-corrected chi connectivity index (χ2v) is 4.28. The molecule has 1 aliphatic rings. The van der Waals surface area contributed by atoms with Crippen LogP contribution in [0.1, 0.15) is 20.8 Å². The number of allylic oxidation sites excluding steroid dienone is 4. The summed E-state index contributed by atoms with van der Waals surface area (Å²) in [4.78, 5) is 0. The molecule has 0 unspecified atom stereocenters. The molecule has 84 valence electrons. The Labute approximate surface area is 96.4 Å². The van der Waals surface area contributed by atoms with Gasteiger partial charge in [-0.1, -0.05) is 24.3 Å². The zero-order chi connectivity index (χ0) is 12.3. The lowest BCUT2D eigenvalue weighted by Crippen LogP contribution is -2.30. The highest BCUT2D eigenvalue weighted by Gasteiger charge is 2.14. The molecule has 0 saturated carbocycles. The molecule has 1 aliphatic carbocycles. The minimum absolute atomic E-state index is 0.468. The van der Waals surface area contributed by atoms with E-state index in [1.165, 1.54) is 0 Å². The summed E-state index contributed by atoms with van der Waals surface area (Å²) in [5.74, 6) is 0. The van der Waals surface area contributed by atoms with Crippen LogP contribution in [0.2, 0.25) is 0 Å². The zero-order valence-electron chi connectivity index (χ0n) is 9.91. The summed E-state index contributed by atoms with van der Waals surface area (Å²) < 4.78 is 0. The fraction of sp³-hybridized carbons (Fsp3) is 0.308. The molecule has 0 fully saturated rings. The molecule has 3 heteroatoms. The smallest absolute Gasteiger partial charge is 0.0965 e. The molecule has 0 spiro atoms. The van der Waals surface area contributed by atoms with Gasteiger partial charge in [-0.05, 0) is 26.3 Å². The van der Waals surface area contributed by atoms with Crippen molar-refractivity contribution in [2.24, 2.45) is 11.5 Å². The summed E-state index contributed by atoms with van der Waals surface area (Å²) in [7, 11) is 0. The number of rotatable bonds is 1. The maximum Gasteiger partial charge on any atom is 0.0965 e. The molecule has 4 N–H and O–H groups in total. The van der Waals surface area contributed by atoms with E-state index < -0.39 is 5.54 Å². The first kappa shape index (κ1) is 12.3. The Bertz CT molecular complexity index is 454. The Hall–Kier alpha value is -1.79. The first-order valence-electron chi connectivity index (χ1n) is 5.12. The molecular formula is C13H17N3. The van der Waals surface area contributed by atoms with Crippen LogP contribution in [0, 0.1) is 11.3 Å². The molecule has 0 aliphatic heterocycles. The van der Waals surface area contributed by atoms with Gasteiger partial charge in [0.15, 0.2) is 0 Å². The maximum atomic E-state index is 8.82. The van der Waals surface area contributed by atoms with Gasteiger partial charge in [0.2, 0.25) is 0 Å². The molecule has 0 aromatic rings. The number of nitriles is 1. The van der Waals surface area contributed by atoms with Gasteiger partial charge in [-0.25, -0.2) is 0 Å². The summed E-state index contributed by atoms with van der Waals surface area (Å²) in [5, 5.41) is 8.82. The van der Waals surface area contributed by atoms with E-state index in [2.05, 4.69) is 6.07 Å². The molecule has 3 nitrogen and oxygen atoms in total. The Morgan fingerprint density at radius 1 is 1.38 bits per heavy atom. The van der Waals surface area contributed by atoms with Crippen LogP contribution in [0.3, 0.4) is 0 Å². The average molecular weight is 215 g/mol. The van der Waals surface area contributed by atoms with Gasteiger partial charge in [-0.2, -0.15) is 5.26 Å². The van der Waals surface area contributed by atoms with E-state index in [1.807, 2.05) is 38.2 Å². The van der Waals surface area contributed by atoms with Crippen LogP contribution in [-0.4, -0.2) is 5.54 Å². The van der Waals surface area contributed by atoms with Gasteiger partial charge in [-0.15, -0.1) is 0 Å². The van der Waals surface area contributed by atoms with Crippen molar-refractivity contribution in [2.75, 3.05) is 0 Å². The third-order valence-electron chi connectivity index (χ3n) is 2.59. The molecule has 0 aromatic heterocycles. The standard InChI is InChI=1S/C13H17N3/c1-9-4-6-13(3,16)7-5-11(9)12(15)10(2)8-14/h4-7H,15-16H2,1-3H3/b12-10+/t13-/m1/s1. The lowest BCUT2D eigenvalue weighted by Gasteiger charge is -2.12. The van der Waals surface area contributed by atoms with Crippen molar-refractivity contribution >= 4 is 0 Å². The summed E-state index contributed by atoms with van der Waals surface area (Å²) in [5.41, 5.74) is 14.4. The highest BCUT2D eigenvalue weighted by Crippen LogP contribution is 2.22. The van der Waals surface area contributed by atoms with Crippen LogP contribution in [0.5, 0.6) is 0 Å². The van der Waals surface area contributed by atoms with Crippen LogP contribution in [-0.2, 0) is 0 Å². The minimum atomic E-state index is -0.468. The van der Waals surface area contributed by atoms with Crippen molar-refractivity contribution in [3.63, 3.8) is 0 Å². The highest BCUT2D eigenvalue weighted by molar-refractivity contribution is 5.51. The van der Waals surface area contributed by atoms with Gasteiger partial charge in [0.05, 0.1) is 17.3 Å². The van der Waals surface area contributed by atoms with Gasteiger partial charge in [-0.3, -0.25) is 0 Å². The molecule has 0 saturated heterocycles. The Morgan fingerprint density at radius 2 is 1.94 bits per heavy atom. The molecular weight excluding hydrogens is 198 g/mol. The third kappa shape index (κ3) is 2.62. The molecule has 1 rings (SSSR count). The molecule has 0 heterocycles. The molecule has 0 radical (unpaired) electrons. The van der Waals surface area contributed by atoms with Crippen molar-refractivity contribution in [3.05, 3.63) is 46.7 Å². The Morgan fingerprint density at radius 3 is 2.50 bits per heavy atom. The van der Waals surface area contributed by atoms with Crippen LogP contribution >= 0.6 is 0 Å². The van der Waals surface area contributed by atoms with Gasteiger partial charge in [0, 0.05) is 11.1 Å². The maximum absolute atomic E-state index is 8.82. The molecule has 0 bridgehead atoms. The van der Waals surface area contributed by atoms with Gasteiger partial charge >= 0.3 is 0 Å². The summed E-state index contributed by atoms with van der Waals surface area (Å²) in [6.45, 7) is 5.57. The second kappa shape index (κ2) is 4.38. The van der Waals surface area contributed by atoms with Gasteiger partial charge in [0.1, 0.15) is 0 Å². The predicted octanol–water partition coefficient (Wildman–Crippen LogP) is 1.90. The Balaban J connectivity index is 3.27. The second-order valence-electron chi connectivity index (χ2n) is 4.28. The number of nitrogens with two attached hydrogens (primary N) is 2. The average Bonchev–Trinajstić information content (AvgIpc) is 2.37. The normalized spacial score (nSPS) is 26.2. The quantitative estimate of drug-likeness (QED) is 0.656. The lowest BCUT2D eigenvalue weighted by atomic mass is 10.0. The first-order chi connectivity index (χ1) is 7.37. The van der Waals surface area contributed by atoms with Crippen molar-refractivity contribution in [1.82, 2.24) is 0 Å². The lowest BCUT2D eigenvalue weighted by molar-refractivity contribution is 0.735. The van der Waals surface area contributed by atoms with Crippen molar-refractivity contribution in [1.29, 1.82) is 5.26 Å². The van der Waals surface area contributed by atoms with E-state index in [0.29, 0.717) is 11.3 Å². The highest BCUT2D eigenvalue weighted by atomic mass is 14.7. The van der Waals surface area contributed by atoms with E-state index in [0.717, 1.165) is 11.1 Å². The molecule has 1 atom stereocenters. The SMILES string of the molecule is CC1=C(/C(N)=C(/C)C#N)C=C[C@](C)(N)C=C1. The molecule has 0 amide bonds. The summed E-state index contributed by atoms with van der Waals surface area (Å²) in [6, 6.07) is 2.05. The van der Waals surface area contributed by atoms with E-state index in [4.69, 9.17) is 16.7 Å². The van der Waals surface area contributed by atoms with Crippen LogP contribution in [0.15, 0.2) is 46.7 Å². The van der Waals surface area contributed by atoms with Crippen LogP contribution in [0.25, 0.3) is 0 Å². The van der Waals surface area contributed by atoms with Gasteiger partial charge < -0.3 is 11.5 Å². The zero-order valence-corrected chi connectivity index (χ0v) is 9.91. The van der Waals surface area contributed by atoms with Crippen LogP contribution in [0.4, 0.5) is 0 Å². The molecule has 16 heavy (non-hydrogen) atoms. The monoisotopic (exact) mass is 215 g/mol. The van der Waals surface area contributed by atoms with E-state index in [9.17, 15) is 0 Å². The first-order valence-corrected chi connectivity index (χ1v) is 5.12. The number of hydrogen-bond donors (Lipinski definition) is 2. The summed E-state index contributed by atoms with van der Waals surface area (Å²) in [6.07, 6.45) is 7.62. The fourth-order valence-electron chi connectivity index (χ4n) is 1.41. The van der Waals surface area contributed by atoms with Gasteiger partial charge in [0.25, 0.3) is 0 Å². The van der Waals surface area contributed by atoms with Crippen molar-refractivity contribution in [2.45, 2.75) is 26.3 Å². The molecule has 0 aromatic carbocycles. The predicted molar refractivity (Wildman–Crippen MR) is 66.1 cm³/mol. The summed E-state index contributed by atoms with van der Waals surface area (Å²) >= 11 is 0. The number of hydrogen-bond acceptors (Lipinski definition) is 3. The van der Waals surface area contributed by atoms with E-state index >= 15 is 0 Å². The van der Waals surface area contributed by atoms with E-state index in [1.54, 1.807) is 6.92 Å². The fourth-order valence-corrected chi connectivity index (χ4v) is 1.41. The third-order valence-corrected chi connectivity index (χ3v) is 2.59.